The van der Waals surface area contributed by atoms with Crippen LogP contribution in [0.4, 0.5) is 4.39 Å². The lowest BCUT2D eigenvalue weighted by molar-refractivity contribution is 0.0313. The molecule has 100 valence electrons. The third-order valence-corrected chi connectivity index (χ3v) is 3.09. The first-order chi connectivity index (χ1) is 8.41. The predicted molar refractivity (Wildman–Crippen MR) is 65.9 cm³/mol. The molecular weight excluding hydrogens is 237 g/mol. The Kier molecular flexibility index (Phi) is 4.67. The summed E-state index contributed by atoms with van der Waals surface area (Å²) in [6, 6.07) is 3.32. The van der Waals surface area contributed by atoms with Crippen molar-refractivity contribution in [3.63, 3.8) is 0 Å². The minimum absolute atomic E-state index is 0.0686. The molecule has 0 aliphatic carbocycles. The summed E-state index contributed by atoms with van der Waals surface area (Å²) < 4.78 is 13.4. The first kappa shape index (κ1) is 14.4. The molecule has 0 aromatic heterocycles. The second-order valence-corrected chi connectivity index (χ2v) is 4.28. The van der Waals surface area contributed by atoms with Gasteiger partial charge in [-0.2, -0.15) is 0 Å². The Hall–Kier alpha value is -1.62. The molecular formula is C13H18FNO3. The Labute approximate surface area is 105 Å². The molecule has 0 saturated carbocycles. The number of carbonyl (C=O) groups is 1. The minimum atomic E-state index is -0.969. The maximum atomic E-state index is 13.4. The molecule has 0 saturated heterocycles. The van der Waals surface area contributed by atoms with Gasteiger partial charge in [0.15, 0.2) is 0 Å². The van der Waals surface area contributed by atoms with E-state index in [9.17, 15) is 14.3 Å². The zero-order valence-electron chi connectivity index (χ0n) is 10.5. The van der Waals surface area contributed by atoms with E-state index < -0.39 is 17.3 Å². The third kappa shape index (κ3) is 3.43. The van der Waals surface area contributed by atoms with Gasteiger partial charge in [-0.3, -0.25) is 4.79 Å². The van der Waals surface area contributed by atoms with Gasteiger partial charge in [-0.25, -0.2) is 4.39 Å². The summed E-state index contributed by atoms with van der Waals surface area (Å²) in [4.78, 5) is 11.7. The van der Waals surface area contributed by atoms with Gasteiger partial charge in [0, 0.05) is 12.6 Å². The minimum Gasteiger partial charge on any atom is -0.508 e. The van der Waals surface area contributed by atoms with E-state index in [4.69, 9.17) is 5.11 Å². The molecule has 4 nitrogen and oxygen atoms in total. The molecule has 18 heavy (non-hydrogen) atoms. The van der Waals surface area contributed by atoms with Gasteiger partial charge in [-0.15, -0.1) is 0 Å². The molecule has 0 aliphatic rings. The highest BCUT2D eigenvalue weighted by atomic mass is 19.1. The van der Waals surface area contributed by atoms with Gasteiger partial charge < -0.3 is 15.5 Å². The van der Waals surface area contributed by atoms with Crippen LogP contribution in [-0.4, -0.2) is 28.3 Å². The Morgan fingerprint density at radius 1 is 1.39 bits per heavy atom. The molecule has 0 spiro atoms. The maximum absolute atomic E-state index is 13.4. The number of phenols is 1. The number of hydrogen-bond donors (Lipinski definition) is 3. The molecule has 0 aliphatic heterocycles. The van der Waals surface area contributed by atoms with Gasteiger partial charge in [0.05, 0.1) is 11.2 Å². The Balaban J connectivity index is 2.71. The summed E-state index contributed by atoms with van der Waals surface area (Å²) in [5.74, 6) is -1.63. The molecule has 0 fully saturated rings. The average Bonchev–Trinajstić information content (AvgIpc) is 2.35. The normalized spacial score (nSPS) is 11.3. The Morgan fingerprint density at radius 3 is 2.50 bits per heavy atom. The second kappa shape index (κ2) is 5.82. The van der Waals surface area contributed by atoms with Crippen LogP contribution in [0.3, 0.4) is 0 Å². The van der Waals surface area contributed by atoms with E-state index in [1.165, 1.54) is 12.1 Å². The van der Waals surface area contributed by atoms with E-state index in [0.717, 1.165) is 6.07 Å². The molecule has 0 radical (unpaired) electrons. The van der Waals surface area contributed by atoms with Crippen LogP contribution in [0.2, 0.25) is 0 Å². The number of benzene rings is 1. The topological polar surface area (TPSA) is 69.6 Å². The van der Waals surface area contributed by atoms with Crippen molar-refractivity contribution in [1.29, 1.82) is 0 Å². The number of phenolic OH excluding ortho intramolecular Hbond substituents is 1. The van der Waals surface area contributed by atoms with E-state index in [1.807, 2.05) is 13.8 Å². The van der Waals surface area contributed by atoms with E-state index in [0.29, 0.717) is 12.8 Å². The fourth-order valence-electron chi connectivity index (χ4n) is 1.53. The number of halogens is 1. The fourth-order valence-corrected chi connectivity index (χ4v) is 1.53. The number of amides is 1. The first-order valence-electron chi connectivity index (χ1n) is 5.91. The molecule has 1 aromatic carbocycles. The molecule has 0 bridgehead atoms. The van der Waals surface area contributed by atoms with Gasteiger partial charge >= 0.3 is 0 Å². The van der Waals surface area contributed by atoms with Crippen LogP contribution in [0.15, 0.2) is 18.2 Å². The molecule has 0 heterocycles. The molecule has 0 unspecified atom stereocenters. The van der Waals surface area contributed by atoms with E-state index >= 15 is 0 Å². The van der Waals surface area contributed by atoms with Crippen LogP contribution >= 0.6 is 0 Å². The van der Waals surface area contributed by atoms with Crippen molar-refractivity contribution in [3.05, 3.63) is 29.6 Å². The van der Waals surface area contributed by atoms with Crippen molar-refractivity contribution >= 4 is 5.91 Å². The Morgan fingerprint density at radius 2 is 2.00 bits per heavy atom. The van der Waals surface area contributed by atoms with Crippen LogP contribution < -0.4 is 5.32 Å². The summed E-state index contributed by atoms with van der Waals surface area (Å²) in [6.45, 7) is 3.70. The molecule has 3 N–H and O–H groups in total. The highest BCUT2D eigenvalue weighted by Gasteiger charge is 2.23. The van der Waals surface area contributed by atoms with Crippen molar-refractivity contribution in [3.8, 4) is 5.75 Å². The lowest BCUT2D eigenvalue weighted by atomic mass is 9.97. The lowest BCUT2D eigenvalue weighted by Crippen LogP contribution is -2.42. The number of aliphatic hydroxyl groups is 1. The summed E-state index contributed by atoms with van der Waals surface area (Å²) >= 11 is 0. The smallest absolute Gasteiger partial charge is 0.254 e. The largest absolute Gasteiger partial charge is 0.508 e. The predicted octanol–water partition coefficient (Wildman–Crippen LogP) is 1.81. The average molecular weight is 255 g/mol. The number of hydrogen-bond acceptors (Lipinski definition) is 3. The number of nitrogens with one attached hydrogen (secondary N) is 1. The van der Waals surface area contributed by atoms with Gasteiger partial charge in [-0.1, -0.05) is 13.8 Å². The van der Waals surface area contributed by atoms with Crippen LogP contribution in [-0.2, 0) is 0 Å². The highest BCUT2D eigenvalue weighted by molar-refractivity contribution is 5.94. The van der Waals surface area contributed by atoms with Crippen molar-refractivity contribution in [2.24, 2.45) is 0 Å². The summed E-state index contributed by atoms with van der Waals surface area (Å²) in [5.41, 5.74) is -1.12. The fraction of sp³-hybridized carbons (Fsp3) is 0.462. The molecule has 1 amide bonds. The van der Waals surface area contributed by atoms with Crippen molar-refractivity contribution in [2.45, 2.75) is 32.3 Å². The zero-order valence-corrected chi connectivity index (χ0v) is 10.5. The van der Waals surface area contributed by atoms with Crippen LogP contribution in [0.25, 0.3) is 0 Å². The van der Waals surface area contributed by atoms with Crippen LogP contribution in [0.5, 0.6) is 5.75 Å². The summed E-state index contributed by atoms with van der Waals surface area (Å²) in [5, 5.41) is 21.5. The Bertz CT molecular complexity index is 430. The zero-order chi connectivity index (χ0) is 13.8. The van der Waals surface area contributed by atoms with Gasteiger partial charge in [-0.05, 0) is 25.0 Å². The standard InChI is InChI=1S/C13H18FNO3/c1-3-13(18,4-2)8-15-12(17)10-6-5-9(16)7-11(10)14/h5-7,16,18H,3-4,8H2,1-2H3,(H,15,17). The van der Waals surface area contributed by atoms with Gasteiger partial charge in [0.25, 0.3) is 5.91 Å². The third-order valence-electron chi connectivity index (χ3n) is 3.09. The number of carbonyl (C=O) groups excluding carboxylic acids is 1. The summed E-state index contributed by atoms with van der Waals surface area (Å²) in [7, 11) is 0. The lowest BCUT2D eigenvalue weighted by Gasteiger charge is -2.25. The van der Waals surface area contributed by atoms with E-state index in [-0.39, 0.29) is 17.9 Å². The molecule has 1 rings (SSSR count). The highest BCUT2D eigenvalue weighted by Crippen LogP contribution is 2.16. The van der Waals surface area contributed by atoms with Crippen molar-refractivity contribution < 1.29 is 19.4 Å². The molecule has 5 heteroatoms. The maximum Gasteiger partial charge on any atom is 0.254 e. The van der Waals surface area contributed by atoms with E-state index in [2.05, 4.69) is 5.32 Å². The number of aromatic hydroxyl groups is 1. The summed E-state index contributed by atoms with van der Waals surface area (Å²) in [6.07, 6.45) is 1.00. The van der Waals surface area contributed by atoms with Gasteiger partial charge in [0.2, 0.25) is 0 Å². The quantitative estimate of drug-likeness (QED) is 0.751. The monoisotopic (exact) mass is 255 g/mol. The SMILES string of the molecule is CCC(O)(CC)CNC(=O)c1ccc(O)cc1F. The second-order valence-electron chi connectivity index (χ2n) is 4.28. The van der Waals surface area contributed by atoms with Crippen molar-refractivity contribution in [2.75, 3.05) is 6.54 Å². The molecule has 1 aromatic rings. The van der Waals surface area contributed by atoms with Gasteiger partial charge in [0.1, 0.15) is 11.6 Å². The first-order valence-corrected chi connectivity index (χ1v) is 5.91. The van der Waals surface area contributed by atoms with Crippen molar-refractivity contribution in [1.82, 2.24) is 5.32 Å². The van der Waals surface area contributed by atoms with Crippen LogP contribution in [0, 0.1) is 5.82 Å². The number of rotatable bonds is 5. The van der Waals surface area contributed by atoms with E-state index in [1.54, 1.807) is 0 Å². The molecule has 0 atom stereocenters. The van der Waals surface area contributed by atoms with Crippen LogP contribution in [0.1, 0.15) is 37.0 Å².